The minimum atomic E-state index is -0.0262. The van der Waals surface area contributed by atoms with Crippen molar-refractivity contribution >= 4 is 34.8 Å². The zero-order valence-corrected chi connectivity index (χ0v) is 14.1. The molecule has 24 heavy (non-hydrogen) atoms. The molecular weight excluding hydrogens is 328 g/mol. The van der Waals surface area contributed by atoms with Crippen LogP contribution in [0.1, 0.15) is 18.7 Å². The second-order valence-corrected chi connectivity index (χ2v) is 6.13. The number of amides is 1. The summed E-state index contributed by atoms with van der Waals surface area (Å²) in [6.07, 6.45) is 1.48. The van der Waals surface area contributed by atoms with Crippen LogP contribution in [0.4, 0.5) is 17.3 Å². The number of nitrogens with zero attached hydrogens (tertiary/aromatic N) is 2. The van der Waals surface area contributed by atoms with Crippen LogP contribution >= 0.6 is 11.6 Å². The predicted molar refractivity (Wildman–Crippen MR) is 93.7 cm³/mol. The van der Waals surface area contributed by atoms with Gasteiger partial charge in [0.15, 0.2) is 0 Å². The smallest absolute Gasteiger partial charge is 0.228 e. The van der Waals surface area contributed by atoms with Gasteiger partial charge in [-0.2, -0.15) is 0 Å². The molecule has 2 aromatic rings. The summed E-state index contributed by atoms with van der Waals surface area (Å²) >= 11 is 5.89. The first-order valence-corrected chi connectivity index (χ1v) is 8.25. The summed E-state index contributed by atoms with van der Waals surface area (Å²) in [6, 6.07) is 9.04. The highest BCUT2D eigenvalue weighted by Gasteiger charge is 2.22. The molecule has 0 bridgehead atoms. The molecule has 1 amide bonds. The van der Waals surface area contributed by atoms with E-state index in [4.69, 9.17) is 16.3 Å². The molecule has 1 aromatic heterocycles. The number of benzene rings is 1. The quantitative estimate of drug-likeness (QED) is 0.885. The molecule has 2 N–H and O–H groups in total. The van der Waals surface area contributed by atoms with E-state index in [0.717, 1.165) is 18.5 Å². The maximum absolute atomic E-state index is 12.3. The maximum atomic E-state index is 12.3. The number of halogens is 1. The third-order valence-corrected chi connectivity index (χ3v) is 4.05. The van der Waals surface area contributed by atoms with Crippen LogP contribution in [0.25, 0.3) is 0 Å². The summed E-state index contributed by atoms with van der Waals surface area (Å²) in [5.41, 5.74) is 0.860. The van der Waals surface area contributed by atoms with E-state index in [9.17, 15) is 4.79 Å². The monoisotopic (exact) mass is 346 g/mol. The number of carbonyl (C=O) groups is 1. The Balaban J connectivity index is 1.71. The molecular formula is C17H19ClN4O2. The van der Waals surface area contributed by atoms with Crippen molar-refractivity contribution in [1.82, 2.24) is 9.97 Å². The Hall–Kier alpha value is -2.18. The highest BCUT2D eigenvalue weighted by Crippen LogP contribution is 2.21. The van der Waals surface area contributed by atoms with Crippen molar-refractivity contribution in [3.05, 3.63) is 41.2 Å². The fourth-order valence-corrected chi connectivity index (χ4v) is 2.69. The van der Waals surface area contributed by atoms with E-state index in [1.807, 2.05) is 12.1 Å². The van der Waals surface area contributed by atoms with Crippen molar-refractivity contribution in [2.45, 2.75) is 19.8 Å². The molecule has 1 saturated heterocycles. The SMILES string of the molecule is Cc1nc(NC(=O)C2CCOCC2)cc(Nc2ccc(Cl)cc2)n1. The van der Waals surface area contributed by atoms with E-state index in [2.05, 4.69) is 20.6 Å². The minimum Gasteiger partial charge on any atom is -0.381 e. The molecule has 126 valence electrons. The molecule has 1 aromatic carbocycles. The highest BCUT2D eigenvalue weighted by atomic mass is 35.5. The fraction of sp³-hybridized carbons (Fsp3) is 0.353. The van der Waals surface area contributed by atoms with E-state index in [-0.39, 0.29) is 11.8 Å². The van der Waals surface area contributed by atoms with Gasteiger partial charge in [0.25, 0.3) is 0 Å². The number of hydrogen-bond donors (Lipinski definition) is 2. The molecule has 6 nitrogen and oxygen atoms in total. The van der Waals surface area contributed by atoms with Gasteiger partial charge < -0.3 is 15.4 Å². The molecule has 1 aliphatic rings. The van der Waals surface area contributed by atoms with Crippen LogP contribution in [0.2, 0.25) is 5.02 Å². The number of carbonyl (C=O) groups excluding carboxylic acids is 1. The summed E-state index contributed by atoms with van der Waals surface area (Å²) in [4.78, 5) is 21.0. The second-order valence-electron chi connectivity index (χ2n) is 5.69. The second kappa shape index (κ2) is 7.59. The van der Waals surface area contributed by atoms with Crippen LogP contribution in [0.15, 0.2) is 30.3 Å². The zero-order valence-electron chi connectivity index (χ0n) is 13.4. The van der Waals surface area contributed by atoms with Gasteiger partial charge in [0.05, 0.1) is 0 Å². The number of hydrogen-bond acceptors (Lipinski definition) is 5. The first kappa shape index (κ1) is 16.7. The van der Waals surface area contributed by atoms with Crippen molar-refractivity contribution in [2.24, 2.45) is 5.92 Å². The Morgan fingerprint density at radius 2 is 1.83 bits per heavy atom. The first-order chi connectivity index (χ1) is 11.6. The van der Waals surface area contributed by atoms with Gasteiger partial charge in [-0.05, 0) is 44.0 Å². The number of aromatic nitrogens is 2. The van der Waals surface area contributed by atoms with Gasteiger partial charge in [-0.15, -0.1) is 0 Å². The molecule has 0 spiro atoms. The van der Waals surface area contributed by atoms with Gasteiger partial charge in [-0.1, -0.05) is 11.6 Å². The first-order valence-electron chi connectivity index (χ1n) is 7.87. The van der Waals surface area contributed by atoms with Gasteiger partial charge in [0.1, 0.15) is 17.5 Å². The van der Waals surface area contributed by atoms with Gasteiger partial charge in [-0.25, -0.2) is 9.97 Å². The Bertz CT molecular complexity index is 715. The molecule has 1 fully saturated rings. The van der Waals surface area contributed by atoms with Crippen molar-refractivity contribution in [1.29, 1.82) is 0 Å². The van der Waals surface area contributed by atoms with Crippen LogP contribution in [0.3, 0.4) is 0 Å². The van der Waals surface area contributed by atoms with Crippen LogP contribution in [0.5, 0.6) is 0 Å². The lowest BCUT2D eigenvalue weighted by Gasteiger charge is -2.21. The number of anilines is 3. The number of aryl methyl sites for hydroxylation is 1. The lowest BCUT2D eigenvalue weighted by Crippen LogP contribution is -2.29. The summed E-state index contributed by atoms with van der Waals surface area (Å²) in [7, 11) is 0. The summed E-state index contributed by atoms with van der Waals surface area (Å²) < 4.78 is 5.29. The van der Waals surface area contributed by atoms with Crippen molar-refractivity contribution in [2.75, 3.05) is 23.8 Å². The van der Waals surface area contributed by atoms with Gasteiger partial charge >= 0.3 is 0 Å². The Morgan fingerprint density at radius 3 is 2.54 bits per heavy atom. The summed E-state index contributed by atoms with van der Waals surface area (Å²) in [5.74, 6) is 1.65. The molecule has 0 atom stereocenters. The predicted octanol–water partition coefficient (Wildman–Crippen LogP) is 3.55. The van der Waals surface area contributed by atoms with E-state index in [1.54, 1.807) is 25.1 Å². The van der Waals surface area contributed by atoms with Crippen molar-refractivity contribution in [3.63, 3.8) is 0 Å². The molecule has 0 unspecified atom stereocenters. The number of rotatable bonds is 4. The third kappa shape index (κ3) is 4.43. The Morgan fingerprint density at radius 1 is 1.17 bits per heavy atom. The molecule has 0 aliphatic carbocycles. The number of nitrogens with one attached hydrogen (secondary N) is 2. The van der Waals surface area contributed by atoms with Crippen LogP contribution in [-0.2, 0) is 9.53 Å². The van der Waals surface area contributed by atoms with E-state index < -0.39 is 0 Å². The minimum absolute atomic E-state index is 0.0196. The molecule has 1 aliphatic heterocycles. The topological polar surface area (TPSA) is 76.1 Å². The standard InChI is InChI=1S/C17H19ClN4O2/c1-11-19-15(21-14-4-2-13(18)3-5-14)10-16(20-11)22-17(23)12-6-8-24-9-7-12/h2-5,10,12H,6-9H2,1H3,(H2,19,20,21,22,23). The van der Waals surface area contributed by atoms with E-state index in [1.165, 1.54) is 0 Å². The van der Waals surface area contributed by atoms with Gasteiger partial charge in [0.2, 0.25) is 5.91 Å². The molecule has 3 rings (SSSR count). The zero-order chi connectivity index (χ0) is 16.9. The van der Waals surface area contributed by atoms with Gasteiger partial charge in [0, 0.05) is 35.9 Å². The maximum Gasteiger partial charge on any atom is 0.228 e. The molecule has 2 heterocycles. The van der Waals surface area contributed by atoms with Crippen LogP contribution in [-0.4, -0.2) is 29.1 Å². The average molecular weight is 347 g/mol. The molecule has 0 radical (unpaired) electrons. The molecule has 7 heteroatoms. The Labute approximate surface area is 145 Å². The fourth-order valence-electron chi connectivity index (χ4n) is 2.56. The van der Waals surface area contributed by atoms with Crippen molar-refractivity contribution < 1.29 is 9.53 Å². The summed E-state index contributed by atoms with van der Waals surface area (Å²) in [6.45, 7) is 3.05. The summed E-state index contributed by atoms with van der Waals surface area (Å²) in [5, 5.41) is 6.74. The van der Waals surface area contributed by atoms with E-state index >= 15 is 0 Å². The lowest BCUT2D eigenvalue weighted by molar-refractivity contribution is -0.122. The van der Waals surface area contributed by atoms with Gasteiger partial charge in [-0.3, -0.25) is 4.79 Å². The lowest BCUT2D eigenvalue weighted by atomic mass is 9.99. The Kier molecular flexibility index (Phi) is 5.27. The average Bonchev–Trinajstić information content (AvgIpc) is 2.57. The highest BCUT2D eigenvalue weighted by molar-refractivity contribution is 6.30. The van der Waals surface area contributed by atoms with Crippen molar-refractivity contribution in [3.8, 4) is 0 Å². The normalized spacial score (nSPS) is 15.1. The third-order valence-electron chi connectivity index (χ3n) is 3.80. The van der Waals surface area contributed by atoms with Crippen LogP contribution < -0.4 is 10.6 Å². The van der Waals surface area contributed by atoms with Crippen LogP contribution in [0, 0.1) is 12.8 Å². The van der Waals surface area contributed by atoms with E-state index in [0.29, 0.717) is 35.7 Å². The number of ether oxygens (including phenoxy) is 1. The molecule has 0 saturated carbocycles. The largest absolute Gasteiger partial charge is 0.381 e.